The molecule has 0 aliphatic rings. The van der Waals surface area contributed by atoms with Crippen molar-refractivity contribution in [2.45, 2.75) is 6.92 Å². The minimum atomic E-state index is -0.343. The van der Waals surface area contributed by atoms with Gasteiger partial charge in [0.25, 0.3) is 5.91 Å². The first-order valence-electron chi connectivity index (χ1n) is 8.44. The van der Waals surface area contributed by atoms with Crippen LogP contribution in [0, 0.1) is 6.92 Å². The maximum absolute atomic E-state index is 12.3. The van der Waals surface area contributed by atoms with E-state index >= 15 is 0 Å². The van der Waals surface area contributed by atoms with Crippen molar-refractivity contribution in [2.24, 2.45) is 5.10 Å². The van der Waals surface area contributed by atoms with Gasteiger partial charge in [-0.2, -0.15) is 10.2 Å². The van der Waals surface area contributed by atoms with Crippen molar-refractivity contribution in [3.05, 3.63) is 77.5 Å². The molecular weight excluding hydrogens is 340 g/mol. The van der Waals surface area contributed by atoms with E-state index in [0.29, 0.717) is 5.69 Å². The van der Waals surface area contributed by atoms with Gasteiger partial charge < -0.3 is 4.74 Å². The zero-order valence-corrected chi connectivity index (χ0v) is 15.1. The number of nitrogens with one attached hydrogen (secondary N) is 2. The van der Waals surface area contributed by atoms with Gasteiger partial charge in [0.05, 0.1) is 12.8 Å². The van der Waals surface area contributed by atoms with Gasteiger partial charge in [-0.3, -0.25) is 9.89 Å². The lowest BCUT2D eigenvalue weighted by atomic mass is 10.1. The summed E-state index contributed by atoms with van der Waals surface area (Å²) in [6.07, 6.45) is 5.09. The van der Waals surface area contributed by atoms with Crippen LogP contribution in [0.1, 0.15) is 21.6 Å². The molecule has 0 saturated carbocycles. The molecule has 0 spiro atoms. The molecule has 2 N–H and O–H groups in total. The molecule has 1 amide bonds. The summed E-state index contributed by atoms with van der Waals surface area (Å²) in [5.74, 6) is 0.428. The Bertz CT molecular complexity index is 975. The average molecular weight is 360 g/mol. The number of carbonyl (C=O) groups excluding carboxylic acids is 1. The Morgan fingerprint density at radius 1 is 1.15 bits per heavy atom. The highest BCUT2D eigenvalue weighted by Gasteiger charge is 2.16. The van der Waals surface area contributed by atoms with Crippen molar-refractivity contribution in [2.75, 3.05) is 7.11 Å². The molecule has 6 nitrogen and oxygen atoms in total. The Morgan fingerprint density at radius 2 is 1.89 bits per heavy atom. The lowest BCUT2D eigenvalue weighted by molar-refractivity contribution is 0.0949. The Labute approximate surface area is 157 Å². The van der Waals surface area contributed by atoms with E-state index in [1.54, 1.807) is 13.2 Å². The van der Waals surface area contributed by atoms with E-state index in [1.807, 2.05) is 67.6 Å². The summed E-state index contributed by atoms with van der Waals surface area (Å²) in [7, 11) is 1.62. The van der Waals surface area contributed by atoms with Crippen LogP contribution in [0.4, 0.5) is 0 Å². The predicted molar refractivity (Wildman–Crippen MR) is 107 cm³/mol. The molecule has 3 aromatic rings. The normalized spacial score (nSPS) is 11.2. The number of carbonyl (C=O) groups is 1. The van der Waals surface area contributed by atoms with E-state index in [0.717, 1.165) is 28.1 Å². The van der Waals surface area contributed by atoms with Gasteiger partial charge in [0, 0.05) is 22.9 Å². The molecular formula is C21H20N4O2. The average Bonchev–Trinajstić information content (AvgIpc) is 3.10. The minimum absolute atomic E-state index is 0.343. The fourth-order valence-electron chi connectivity index (χ4n) is 2.64. The highest BCUT2D eigenvalue weighted by molar-refractivity contribution is 5.95. The SMILES string of the molecule is COc1ccccc1/C=C/C=N/NC(=O)c1[nH]nc(-c2ccccc2)c1C. The quantitative estimate of drug-likeness (QED) is 0.518. The van der Waals surface area contributed by atoms with Gasteiger partial charge in [0.2, 0.25) is 0 Å². The van der Waals surface area contributed by atoms with Crippen LogP contribution in [-0.4, -0.2) is 29.4 Å². The molecule has 0 bridgehead atoms. The van der Waals surface area contributed by atoms with Gasteiger partial charge in [-0.1, -0.05) is 48.5 Å². The molecule has 0 radical (unpaired) electrons. The van der Waals surface area contributed by atoms with E-state index in [9.17, 15) is 4.79 Å². The van der Waals surface area contributed by atoms with Crippen LogP contribution in [0.25, 0.3) is 17.3 Å². The Morgan fingerprint density at radius 3 is 2.67 bits per heavy atom. The molecule has 1 aromatic heterocycles. The Balaban J connectivity index is 1.64. The van der Waals surface area contributed by atoms with Crippen LogP contribution >= 0.6 is 0 Å². The maximum Gasteiger partial charge on any atom is 0.289 e. The van der Waals surface area contributed by atoms with Gasteiger partial charge in [-0.05, 0) is 25.1 Å². The van der Waals surface area contributed by atoms with Gasteiger partial charge in [-0.25, -0.2) is 5.43 Å². The maximum atomic E-state index is 12.3. The number of hydrazone groups is 1. The number of para-hydroxylation sites is 1. The van der Waals surface area contributed by atoms with E-state index in [4.69, 9.17) is 4.74 Å². The smallest absolute Gasteiger partial charge is 0.289 e. The summed E-state index contributed by atoms with van der Waals surface area (Å²) < 4.78 is 5.27. The second-order valence-electron chi connectivity index (χ2n) is 5.76. The highest BCUT2D eigenvalue weighted by atomic mass is 16.5. The Kier molecular flexibility index (Phi) is 5.79. The topological polar surface area (TPSA) is 79.4 Å². The summed E-state index contributed by atoms with van der Waals surface area (Å²) in [6.45, 7) is 1.85. The molecule has 3 rings (SSSR count). The van der Waals surface area contributed by atoms with Gasteiger partial charge in [0.1, 0.15) is 11.4 Å². The van der Waals surface area contributed by atoms with Crippen LogP contribution in [0.2, 0.25) is 0 Å². The number of benzene rings is 2. The van der Waals surface area contributed by atoms with Crippen molar-refractivity contribution < 1.29 is 9.53 Å². The number of hydrogen-bond acceptors (Lipinski definition) is 4. The number of ether oxygens (including phenoxy) is 1. The number of H-pyrrole nitrogens is 1. The second-order valence-corrected chi connectivity index (χ2v) is 5.76. The first-order valence-corrected chi connectivity index (χ1v) is 8.44. The predicted octanol–water partition coefficient (Wildman–Crippen LogP) is 3.82. The molecule has 0 aliphatic carbocycles. The number of methoxy groups -OCH3 is 1. The zero-order valence-electron chi connectivity index (χ0n) is 15.1. The molecule has 27 heavy (non-hydrogen) atoms. The summed E-state index contributed by atoms with van der Waals surface area (Å²) >= 11 is 0. The lowest BCUT2D eigenvalue weighted by Gasteiger charge is -2.02. The molecule has 0 aliphatic heterocycles. The van der Waals surface area contributed by atoms with Crippen molar-refractivity contribution in [1.29, 1.82) is 0 Å². The summed E-state index contributed by atoms with van der Waals surface area (Å²) in [6, 6.07) is 17.3. The number of amides is 1. The number of aromatic nitrogens is 2. The molecule has 0 fully saturated rings. The van der Waals surface area contributed by atoms with Crippen molar-refractivity contribution >= 4 is 18.2 Å². The van der Waals surface area contributed by atoms with Crippen LogP contribution in [-0.2, 0) is 0 Å². The third-order valence-electron chi connectivity index (χ3n) is 4.03. The van der Waals surface area contributed by atoms with Crippen LogP contribution in [0.3, 0.4) is 0 Å². The third kappa shape index (κ3) is 4.30. The van der Waals surface area contributed by atoms with Crippen molar-refractivity contribution in [1.82, 2.24) is 15.6 Å². The standard InChI is InChI=1S/C21H20N4O2/c1-15-19(17-10-4-3-5-11-17)23-24-20(15)21(26)25-22-14-8-12-16-9-6-7-13-18(16)27-2/h3-14H,1-2H3,(H,23,24)(H,25,26)/b12-8+,22-14+. The Hall–Kier alpha value is -3.67. The minimum Gasteiger partial charge on any atom is -0.496 e. The fraction of sp³-hybridized carbons (Fsp3) is 0.0952. The fourth-order valence-corrected chi connectivity index (χ4v) is 2.64. The molecule has 0 atom stereocenters. The molecule has 0 saturated heterocycles. The van der Waals surface area contributed by atoms with Crippen LogP contribution in [0.5, 0.6) is 5.75 Å². The van der Waals surface area contributed by atoms with Crippen LogP contribution < -0.4 is 10.2 Å². The lowest BCUT2D eigenvalue weighted by Crippen LogP contribution is -2.18. The number of aromatic amines is 1. The van der Waals surface area contributed by atoms with Gasteiger partial charge >= 0.3 is 0 Å². The second kappa shape index (κ2) is 8.62. The number of rotatable bonds is 6. The third-order valence-corrected chi connectivity index (χ3v) is 4.03. The van der Waals surface area contributed by atoms with Crippen molar-refractivity contribution in [3.63, 3.8) is 0 Å². The summed E-state index contributed by atoms with van der Waals surface area (Å²) in [5, 5.41) is 11.0. The summed E-state index contributed by atoms with van der Waals surface area (Å²) in [5.41, 5.74) is 6.29. The molecule has 0 unspecified atom stereocenters. The first-order chi connectivity index (χ1) is 13.2. The molecule has 136 valence electrons. The molecule has 1 heterocycles. The largest absolute Gasteiger partial charge is 0.496 e. The molecule has 2 aromatic carbocycles. The van der Waals surface area contributed by atoms with Gasteiger partial charge in [-0.15, -0.1) is 0 Å². The van der Waals surface area contributed by atoms with E-state index < -0.39 is 0 Å². The number of nitrogens with zero attached hydrogens (tertiary/aromatic N) is 2. The summed E-state index contributed by atoms with van der Waals surface area (Å²) in [4.78, 5) is 12.3. The highest BCUT2D eigenvalue weighted by Crippen LogP contribution is 2.22. The number of allylic oxidation sites excluding steroid dienone is 1. The van der Waals surface area contributed by atoms with E-state index in [-0.39, 0.29) is 5.91 Å². The zero-order chi connectivity index (χ0) is 19.1. The monoisotopic (exact) mass is 360 g/mol. The van der Waals surface area contributed by atoms with Gasteiger partial charge in [0.15, 0.2) is 0 Å². The molecule has 6 heteroatoms. The first kappa shape index (κ1) is 18.1. The van der Waals surface area contributed by atoms with E-state index in [2.05, 4.69) is 20.7 Å². The number of hydrogen-bond donors (Lipinski definition) is 2. The van der Waals surface area contributed by atoms with E-state index in [1.165, 1.54) is 6.21 Å². The van der Waals surface area contributed by atoms with Crippen molar-refractivity contribution in [3.8, 4) is 17.0 Å². The van der Waals surface area contributed by atoms with Crippen LogP contribution in [0.15, 0.2) is 65.8 Å².